The molecule has 136 valence electrons. The Labute approximate surface area is 152 Å². The molecule has 2 aromatic rings. The third kappa shape index (κ3) is 3.92. The number of anilines is 2. The van der Waals surface area contributed by atoms with Gasteiger partial charge in [0.1, 0.15) is 0 Å². The van der Waals surface area contributed by atoms with Crippen molar-refractivity contribution >= 4 is 33.2 Å². The molecule has 0 radical (unpaired) electrons. The Morgan fingerprint density at radius 3 is 2.62 bits per heavy atom. The number of fused-ring (bicyclic) bond motifs is 1. The molecule has 2 N–H and O–H groups in total. The Balaban J connectivity index is 1.68. The normalized spacial score (nSPS) is 13.2. The molecule has 1 heterocycles. The van der Waals surface area contributed by atoms with Crippen LogP contribution in [0.5, 0.6) is 0 Å². The predicted octanol–water partition coefficient (Wildman–Crippen LogP) is 1.51. The average Bonchev–Trinajstić information content (AvgIpc) is 2.98. The average molecular weight is 373 g/mol. The minimum Gasteiger partial charge on any atom is -0.326 e. The van der Waals surface area contributed by atoms with Crippen LogP contribution in [0, 0.1) is 0 Å². The van der Waals surface area contributed by atoms with Crippen molar-refractivity contribution in [1.82, 2.24) is 4.72 Å². The summed E-state index contributed by atoms with van der Waals surface area (Å²) in [5, 5.41) is 2.67. The van der Waals surface area contributed by atoms with Crippen LogP contribution in [0.1, 0.15) is 12.5 Å². The van der Waals surface area contributed by atoms with Crippen molar-refractivity contribution < 1.29 is 18.0 Å². The number of carbonyl (C=O) groups is 2. The Morgan fingerprint density at radius 2 is 1.92 bits per heavy atom. The number of benzene rings is 2. The van der Waals surface area contributed by atoms with Crippen molar-refractivity contribution in [1.29, 1.82) is 0 Å². The van der Waals surface area contributed by atoms with Crippen LogP contribution >= 0.6 is 0 Å². The van der Waals surface area contributed by atoms with Gasteiger partial charge in [0.25, 0.3) is 0 Å². The molecule has 1 aliphatic heterocycles. The number of para-hydroxylation sites is 1. The number of hydrogen-bond donors (Lipinski definition) is 2. The maximum Gasteiger partial charge on any atom is 0.240 e. The minimum absolute atomic E-state index is 0.0745. The SMILES string of the molecule is CC(=O)N(CCNS(=O)(=O)c1ccc2c(c1)CC(=O)N2)c1ccccc1. The standard InChI is InChI=1S/C18H19N3O4S/c1-13(22)21(15-5-3-2-4-6-15)10-9-19-26(24,25)16-7-8-17-14(11-16)12-18(23)20-17/h2-8,11,19H,9-10,12H2,1H3,(H,20,23). The lowest BCUT2D eigenvalue weighted by Gasteiger charge is -2.21. The Hall–Kier alpha value is -2.71. The summed E-state index contributed by atoms with van der Waals surface area (Å²) in [6, 6.07) is 13.6. The third-order valence-corrected chi connectivity index (χ3v) is 5.55. The molecule has 0 fully saturated rings. The van der Waals surface area contributed by atoms with Crippen LogP contribution in [0.3, 0.4) is 0 Å². The van der Waals surface area contributed by atoms with Gasteiger partial charge >= 0.3 is 0 Å². The molecule has 0 spiro atoms. The highest BCUT2D eigenvalue weighted by atomic mass is 32.2. The summed E-state index contributed by atoms with van der Waals surface area (Å²) in [5.41, 5.74) is 2.01. The molecule has 1 aliphatic rings. The second kappa shape index (κ2) is 7.27. The fourth-order valence-corrected chi connectivity index (χ4v) is 3.90. The van der Waals surface area contributed by atoms with Gasteiger partial charge in [-0.2, -0.15) is 0 Å². The molecule has 0 saturated heterocycles. The predicted molar refractivity (Wildman–Crippen MR) is 98.4 cm³/mol. The minimum atomic E-state index is -3.73. The smallest absolute Gasteiger partial charge is 0.240 e. The molecule has 2 amide bonds. The second-order valence-corrected chi connectivity index (χ2v) is 7.71. The lowest BCUT2D eigenvalue weighted by Crippen LogP contribution is -2.37. The summed E-state index contributed by atoms with van der Waals surface area (Å²) in [5.74, 6) is -0.319. The number of rotatable bonds is 6. The van der Waals surface area contributed by atoms with Gasteiger partial charge in [0.2, 0.25) is 21.8 Å². The molecular formula is C18H19N3O4S. The molecule has 2 aromatic carbocycles. The van der Waals surface area contributed by atoms with E-state index in [9.17, 15) is 18.0 Å². The van der Waals surface area contributed by atoms with Crippen LogP contribution < -0.4 is 14.9 Å². The molecule has 0 saturated carbocycles. The number of carbonyl (C=O) groups excluding carboxylic acids is 2. The summed E-state index contributed by atoms with van der Waals surface area (Å²) >= 11 is 0. The fourth-order valence-electron chi connectivity index (χ4n) is 2.82. The van der Waals surface area contributed by atoms with Crippen LogP contribution in [0.15, 0.2) is 53.4 Å². The van der Waals surface area contributed by atoms with Gasteiger partial charge in [0.05, 0.1) is 11.3 Å². The molecule has 3 rings (SSSR count). The highest BCUT2D eigenvalue weighted by molar-refractivity contribution is 7.89. The van der Waals surface area contributed by atoms with E-state index in [4.69, 9.17) is 0 Å². The van der Waals surface area contributed by atoms with E-state index < -0.39 is 10.0 Å². The topological polar surface area (TPSA) is 95.6 Å². The van der Waals surface area contributed by atoms with E-state index in [1.165, 1.54) is 24.0 Å². The van der Waals surface area contributed by atoms with Crippen molar-refractivity contribution in [2.45, 2.75) is 18.2 Å². The Kier molecular flexibility index (Phi) is 5.06. The van der Waals surface area contributed by atoms with Crippen LogP contribution in [0.2, 0.25) is 0 Å². The first-order valence-electron chi connectivity index (χ1n) is 8.12. The van der Waals surface area contributed by atoms with Gasteiger partial charge in [-0.3, -0.25) is 9.59 Å². The number of sulfonamides is 1. The van der Waals surface area contributed by atoms with Gasteiger partial charge in [-0.25, -0.2) is 13.1 Å². The molecule has 0 aliphatic carbocycles. The molecule has 0 atom stereocenters. The highest BCUT2D eigenvalue weighted by Crippen LogP contribution is 2.25. The van der Waals surface area contributed by atoms with Crippen LogP contribution in [-0.4, -0.2) is 33.3 Å². The zero-order chi connectivity index (χ0) is 18.7. The number of hydrogen-bond acceptors (Lipinski definition) is 4. The molecule has 8 heteroatoms. The van der Waals surface area contributed by atoms with E-state index in [-0.39, 0.29) is 36.2 Å². The monoisotopic (exact) mass is 373 g/mol. The van der Waals surface area contributed by atoms with Crippen LogP contribution in [-0.2, 0) is 26.0 Å². The summed E-state index contributed by atoms with van der Waals surface area (Å²) < 4.78 is 27.5. The van der Waals surface area contributed by atoms with Crippen molar-refractivity contribution in [3.8, 4) is 0 Å². The summed E-state index contributed by atoms with van der Waals surface area (Å²) in [6.07, 6.45) is 0.171. The summed E-state index contributed by atoms with van der Waals surface area (Å²) in [6.45, 7) is 1.72. The van der Waals surface area contributed by atoms with E-state index in [1.54, 1.807) is 18.2 Å². The Morgan fingerprint density at radius 1 is 1.19 bits per heavy atom. The largest absolute Gasteiger partial charge is 0.326 e. The van der Waals surface area contributed by atoms with E-state index in [0.29, 0.717) is 16.9 Å². The van der Waals surface area contributed by atoms with E-state index in [2.05, 4.69) is 10.0 Å². The van der Waals surface area contributed by atoms with Crippen molar-refractivity contribution in [2.24, 2.45) is 0 Å². The molecule has 7 nitrogen and oxygen atoms in total. The number of nitrogens with zero attached hydrogens (tertiary/aromatic N) is 1. The number of amides is 2. The van der Waals surface area contributed by atoms with Gasteiger partial charge in [0, 0.05) is 31.4 Å². The van der Waals surface area contributed by atoms with Gasteiger partial charge < -0.3 is 10.2 Å². The highest BCUT2D eigenvalue weighted by Gasteiger charge is 2.22. The molecule has 0 aromatic heterocycles. The third-order valence-electron chi connectivity index (χ3n) is 4.09. The Bertz CT molecular complexity index is 942. The first-order chi connectivity index (χ1) is 12.4. The fraction of sp³-hybridized carbons (Fsp3) is 0.222. The van der Waals surface area contributed by atoms with E-state index >= 15 is 0 Å². The van der Waals surface area contributed by atoms with Crippen molar-refractivity contribution in [3.05, 3.63) is 54.1 Å². The second-order valence-electron chi connectivity index (χ2n) is 5.95. The first-order valence-corrected chi connectivity index (χ1v) is 9.61. The van der Waals surface area contributed by atoms with Gasteiger partial charge in [-0.15, -0.1) is 0 Å². The summed E-state index contributed by atoms with van der Waals surface area (Å²) in [4.78, 5) is 24.8. The lowest BCUT2D eigenvalue weighted by molar-refractivity contribution is -0.116. The van der Waals surface area contributed by atoms with Gasteiger partial charge in [0.15, 0.2) is 0 Å². The molecule has 0 unspecified atom stereocenters. The van der Waals surface area contributed by atoms with Crippen LogP contribution in [0.25, 0.3) is 0 Å². The maximum absolute atomic E-state index is 12.5. The van der Waals surface area contributed by atoms with Gasteiger partial charge in [-0.1, -0.05) is 18.2 Å². The quantitative estimate of drug-likeness (QED) is 0.802. The van der Waals surface area contributed by atoms with Crippen LogP contribution in [0.4, 0.5) is 11.4 Å². The van der Waals surface area contributed by atoms with Crippen molar-refractivity contribution in [3.63, 3.8) is 0 Å². The zero-order valence-corrected chi connectivity index (χ0v) is 15.0. The number of nitrogens with one attached hydrogen (secondary N) is 2. The summed E-state index contributed by atoms with van der Waals surface area (Å²) in [7, 11) is -3.73. The molecular weight excluding hydrogens is 354 g/mol. The van der Waals surface area contributed by atoms with E-state index in [1.807, 2.05) is 18.2 Å². The van der Waals surface area contributed by atoms with E-state index in [0.717, 1.165) is 0 Å². The first kappa shape index (κ1) is 18.1. The maximum atomic E-state index is 12.5. The molecule has 26 heavy (non-hydrogen) atoms. The lowest BCUT2D eigenvalue weighted by atomic mass is 10.2. The van der Waals surface area contributed by atoms with Crippen molar-refractivity contribution in [2.75, 3.05) is 23.3 Å². The van der Waals surface area contributed by atoms with Gasteiger partial charge in [-0.05, 0) is 35.9 Å². The molecule has 0 bridgehead atoms. The zero-order valence-electron chi connectivity index (χ0n) is 14.2.